The van der Waals surface area contributed by atoms with Gasteiger partial charge >= 0.3 is 6.03 Å². The summed E-state index contributed by atoms with van der Waals surface area (Å²) in [5.41, 5.74) is 6.95. The van der Waals surface area contributed by atoms with Crippen molar-refractivity contribution in [2.24, 2.45) is 0 Å². The minimum atomic E-state index is -0.208. The summed E-state index contributed by atoms with van der Waals surface area (Å²) in [6.07, 6.45) is 0.870. The van der Waals surface area contributed by atoms with Crippen LogP contribution in [-0.4, -0.2) is 25.3 Å². The Morgan fingerprint density at radius 3 is 2.75 bits per heavy atom. The van der Waals surface area contributed by atoms with Crippen molar-refractivity contribution >= 4 is 17.4 Å². The first kappa shape index (κ1) is 10.8. The van der Waals surface area contributed by atoms with Crippen LogP contribution >= 0.6 is 0 Å². The zero-order valence-corrected chi connectivity index (χ0v) is 8.90. The van der Waals surface area contributed by atoms with E-state index in [0.717, 1.165) is 12.1 Å². The maximum atomic E-state index is 11.5. The second-order valence-electron chi connectivity index (χ2n) is 3.78. The number of amides is 2. The molecule has 0 bridgehead atoms. The van der Waals surface area contributed by atoms with Crippen molar-refractivity contribution in [3.8, 4) is 0 Å². The molecular weight excluding hydrogens is 206 g/mol. The van der Waals surface area contributed by atoms with Gasteiger partial charge in [0, 0.05) is 18.0 Å². The number of benzene rings is 1. The summed E-state index contributed by atoms with van der Waals surface area (Å²) >= 11 is 0. The zero-order valence-electron chi connectivity index (χ0n) is 8.90. The number of nitrogen functional groups attached to an aromatic ring is 1. The highest BCUT2D eigenvalue weighted by atomic mass is 16.5. The van der Waals surface area contributed by atoms with Crippen LogP contribution in [0.2, 0.25) is 0 Å². The summed E-state index contributed by atoms with van der Waals surface area (Å²) in [7, 11) is 0. The lowest BCUT2D eigenvalue weighted by atomic mass is 10.2. The van der Waals surface area contributed by atoms with Gasteiger partial charge in [-0.2, -0.15) is 0 Å². The first-order valence-corrected chi connectivity index (χ1v) is 5.25. The van der Waals surface area contributed by atoms with Gasteiger partial charge in [-0.15, -0.1) is 0 Å². The fraction of sp³-hybridized carbons (Fsp3) is 0.364. The Balaban J connectivity index is 1.84. The van der Waals surface area contributed by atoms with E-state index in [0.29, 0.717) is 18.9 Å². The fourth-order valence-corrected chi connectivity index (χ4v) is 1.57. The molecule has 4 N–H and O–H groups in total. The summed E-state index contributed by atoms with van der Waals surface area (Å²) in [4.78, 5) is 11.5. The molecule has 1 fully saturated rings. The van der Waals surface area contributed by atoms with Crippen molar-refractivity contribution in [1.82, 2.24) is 5.32 Å². The number of nitrogens with one attached hydrogen (secondary N) is 2. The third kappa shape index (κ3) is 2.87. The zero-order chi connectivity index (χ0) is 11.4. The lowest BCUT2D eigenvalue weighted by Gasteiger charge is -2.11. The van der Waals surface area contributed by atoms with E-state index in [9.17, 15) is 4.79 Å². The minimum absolute atomic E-state index is 0.119. The fourth-order valence-electron chi connectivity index (χ4n) is 1.57. The Morgan fingerprint density at radius 2 is 2.12 bits per heavy atom. The Bertz CT molecular complexity index is 358. The van der Waals surface area contributed by atoms with Crippen LogP contribution in [-0.2, 0) is 4.74 Å². The van der Waals surface area contributed by atoms with Gasteiger partial charge in [0.15, 0.2) is 0 Å². The van der Waals surface area contributed by atoms with Gasteiger partial charge in [0.05, 0.1) is 12.6 Å². The molecule has 0 spiro atoms. The molecule has 1 aromatic rings. The molecule has 16 heavy (non-hydrogen) atoms. The highest BCUT2D eigenvalue weighted by Crippen LogP contribution is 2.10. The number of rotatable bonds is 2. The van der Waals surface area contributed by atoms with E-state index < -0.39 is 0 Å². The largest absolute Gasteiger partial charge is 0.399 e. The van der Waals surface area contributed by atoms with E-state index in [1.807, 2.05) is 0 Å². The highest BCUT2D eigenvalue weighted by Gasteiger charge is 2.17. The van der Waals surface area contributed by atoms with Crippen molar-refractivity contribution in [3.05, 3.63) is 24.3 Å². The number of ether oxygens (including phenoxy) is 1. The number of hydrogen-bond donors (Lipinski definition) is 3. The second-order valence-corrected chi connectivity index (χ2v) is 3.78. The summed E-state index contributed by atoms with van der Waals surface area (Å²) in [5, 5.41) is 5.57. The Kier molecular flexibility index (Phi) is 3.26. The van der Waals surface area contributed by atoms with Gasteiger partial charge in [-0.05, 0) is 30.7 Å². The number of carbonyl (C=O) groups is 1. The Morgan fingerprint density at radius 1 is 1.38 bits per heavy atom. The molecule has 0 radical (unpaired) electrons. The standard InChI is InChI=1S/C11H15N3O2/c12-8-1-3-9(4-2-8)13-11(15)14-10-5-6-16-7-10/h1-4,10H,5-7,12H2,(H2,13,14,15). The van der Waals surface area contributed by atoms with Gasteiger partial charge in [0.25, 0.3) is 0 Å². The van der Waals surface area contributed by atoms with Gasteiger partial charge in [0.2, 0.25) is 0 Å². The smallest absolute Gasteiger partial charge is 0.319 e. The molecule has 1 saturated heterocycles. The molecule has 0 aliphatic carbocycles. The topological polar surface area (TPSA) is 76.4 Å². The van der Waals surface area contributed by atoms with Gasteiger partial charge in [-0.25, -0.2) is 4.79 Å². The molecule has 0 saturated carbocycles. The van der Waals surface area contributed by atoms with Crippen LogP contribution in [0.25, 0.3) is 0 Å². The molecule has 5 nitrogen and oxygen atoms in total. The van der Waals surface area contributed by atoms with E-state index in [2.05, 4.69) is 10.6 Å². The van der Waals surface area contributed by atoms with Gasteiger partial charge in [-0.3, -0.25) is 0 Å². The molecule has 1 aliphatic heterocycles. The first-order chi connectivity index (χ1) is 7.74. The second kappa shape index (κ2) is 4.85. The van der Waals surface area contributed by atoms with Gasteiger partial charge < -0.3 is 21.1 Å². The van der Waals surface area contributed by atoms with Crippen molar-refractivity contribution in [1.29, 1.82) is 0 Å². The molecule has 2 rings (SSSR count). The maximum Gasteiger partial charge on any atom is 0.319 e. The average Bonchev–Trinajstić information content (AvgIpc) is 2.74. The van der Waals surface area contributed by atoms with E-state index in [1.165, 1.54) is 0 Å². The summed E-state index contributed by atoms with van der Waals surface area (Å²) in [6.45, 7) is 1.31. The molecule has 0 aromatic heterocycles. The van der Waals surface area contributed by atoms with Crippen LogP contribution < -0.4 is 16.4 Å². The third-order valence-corrected chi connectivity index (χ3v) is 2.43. The van der Waals surface area contributed by atoms with Crippen LogP contribution in [0.5, 0.6) is 0 Å². The van der Waals surface area contributed by atoms with Crippen LogP contribution in [0.3, 0.4) is 0 Å². The molecule has 1 aromatic carbocycles. The van der Waals surface area contributed by atoms with E-state index in [-0.39, 0.29) is 12.1 Å². The average molecular weight is 221 g/mol. The Hall–Kier alpha value is -1.75. The maximum absolute atomic E-state index is 11.5. The van der Waals surface area contributed by atoms with Gasteiger partial charge in [-0.1, -0.05) is 0 Å². The number of urea groups is 1. The molecule has 1 atom stereocenters. The predicted octanol–water partition coefficient (Wildman–Crippen LogP) is 1.18. The highest BCUT2D eigenvalue weighted by molar-refractivity contribution is 5.89. The van der Waals surface area contributed by atoms with Crippen LogP contribution in [0.4, 0.5) is 16.2 Å². The third-order valence-electron chi connectivity index (χ3n) is 2.43. The SMILES string of the molecule is Nc1ccc(NC(=O)NC2CCOC2)cc1. The lowest BCUT2D eigenvalue weighted by molar-refractivity contribution is 0.189. The van der Waals surface area contributed by atoms with Crippen molar-refractivity contribution in [2.75, 3.05) is 24.3 Å². The monoisotopic (exact) mass is 221 g/mol. The normalized spacial score (nSPS) is 19.4. The summed E-state index contributed by atoms with van der Waals surface area (Å²) < 4.78 is 5.16. The molecular formula is C11H15N3O2. The molecule has 5 heteroatoms. The van der Waals surface area contributed by atoms with E-state index in [1.54, 1.807) is 24.3 Å². The van der Waals surface area contributed by atoms with Crippen molar-refractivity contribution < 1.29 is 9.53 Å². The van der Waals surface area contributed by atoms with Gasteiger partial charge in [0.1, 0.15) is 0 Å². The molecule has 1 unspecified atom stereocenters. The number of nitrogens with two attached hydrogens (primary N) is 1. The van der Waals surface area contributed by atoms with E-state index >= 15 is 0 Å². The van der Waals surface area contributed by atoms with Crippen LogP contribution in [0, 0.1) is 0 Å². The Labute approximate surface area is 94.0 Å². The van der Waals surface area contributed by atoms with E-state index in [4.69, 9.17) is 10.5 Å². The predicted molar refractivity (Wildman–Crippen MR) is 62.2 cm³/mol. The summed E-state index contributed by atoms with van der Waals surface area (Å²) in [5.74, 6) is 0. The molecule has 2 amide bonds. The molecule has 1 aliphatic rings. The number of carbonyl (C=O) groups excluding carboxylic acids is 1. The van der Waals surface area contributed by atoms with Crippen molar-refractivity contribution in [3.63, 3.8) is 0 Å². The summed E-state index contributed by atoms with van der Waals surface area (Å²) in [6, 6.07) is 6.93. The van der Waals surface area contributed by atoms with Crippen LogP contribution in [0.1, 0.15) is 6.42 Å². The van der Waals surface area contributed by atoms with Crippen molar-refractivity contribution in [2.45, 2.75) is 12.5 Å². The van der Waals surface area contributed by atoms with Crippen LogP contribution in [0.15, 0.2) is 24.3 Å². The molecule has 86 valence electrons. The number of anilines is 2. The molecule has 1 heterocycles. The first-order valence-electron chi connectivity index (χ1n) is 5.25. The minimum Gasteiger partial charge on any atom is -0.399 e. The lowest BCUT2D eigenvalue weighted by Crippen LogP contribution is -2.38. The number of hydrogen-bond acceptors (Lipinski definition) is 3. The quantitative estimate of drug-likeness (QED) is 0.656.